The Morgan fingerprint density at radius 2 is 1.95 bits per heavy atom. The second-order valence-corrected chi connectivity index (χ2v) is 5.99. The lowest BCUT2D eigenvalue weighted by Crippen LogP contribution is -2.45. The minimum atomic E-state index is -0.670. The molecule has 0 amide bonds. The van der Waals surface area contributed by atoms with E-state index in [1.54, 1.807) is 6.07 Å². The molecule has 2 aliphatic rings. The molecule has 2 aliphatic carbocycles. The van der Waals surface area contributed by atoms with Crippen molar-refractivity contribution in [3.63, 3.8) is 0 Å². The van der Waals surface area contributed by atoms with Crippen molar-refractivity contribution in [3.8, 4) is 5.75 Å². The molecule has 1 aromatic carbocycles. The van der Waals surface area contributed by atoms with E-state index in [2.05, 4.69) is 0 Å². The molecule has 1 unspecified atom stereocenters. The first-order chi connectivity index (χ1) is 9.13. The lowest BCUT2D eigenvalue weighted by Gasteiger charge is -2.46. The fraction of sp³-hybridized carbons (Fsp3) is 0.562. The number of fused-ring (bicyclic) bond motifs is 2. The summed E-state index contributed by atoms with van der Waals surface area (Å²) in [6.45, 7) is 0. The van der Waals surface area contributed by atoms with Crippen LogP contribution >= 0.6 is 0 Å². The number of rotatable bonds is 1. The van der Waals surface area contributed by atoms with Crippen molar-refractivity contribution >= 4 is 5.97 Å². The average molecular weight is 260 g/mol. The first-order valence-electron chi connectivity index (χ1n) is 7.19. The maximum atomic E-state index is 11.7. The molecule has 0 aliphatic heterocycles. The third-order valence-corrected chi connectivity index (χ3v) is 5.04. The van der Waals surface area contributed by atoms with Crippen LogP contribution in [0.25, 0.3) is 0 Å². The van der Waals surface area contributed by atoms with Crippen molar-refractivity contribution in [1.82, 2.24) is 0 Å². The molecule has 3 rings (SSSR count). The third kappa shape index (κ3) is 1.92. The van der Waals surface area contributed by atoms with Gasteiger partial charge in [-0.15, -0.1) is 0 Å². The minimum Gasteiger partial charge on any atom is -0.508 e. The highest BCUT2D eigenvalue weighted by Crippen LogP contribution is 2.51. The predicted octanol–water partition coefficient (Wildman–Crippen LogP) is 3.24. The topological polar surface area (TPSA) is 57.5 Å². The molecule has 1 aromatic rings. The Balaban J connectivity index is 2.13. The van der Waals surface area contributed by atoms with Crippen LogP contribution in [0, 0.1) is 5.92 Å². The third-order valence-electron chi connectivity index (χ3n) is 5.04. The Hall–Kier alpha value is -1.51. The Kier molecular flexibility index (Phi) is 3.00. The first-order valence-corrected chi connectivity index (χ1v) is 7.19. The predicted molar refractivity (Wildman–Crippen MR) is 72.3 cm³/mol. The number of hydrogen-bond acceptors (Lipinski definition) is 2. The van der Waals surface area contributed by atoms with E-state index < -0.39 is 5.97 Å². The van der Waals surface area contributed by atoms with Gasteiger partial charge in [-0.25, -0.2) is 0 Å². The van der Waals surface area contributed by atoms with Crippen molar-refractivity contribution in [3.05, 3.63) is 29.3 Å². The van der Waals surface area contributed by atoms with Gasteiger partial charge in [0.2, 0.25) is 0 Å². The molecule has 19 heavy (non-hydrogen) atoms. The molecule has 3 nitrogen and oxygen atoms in total. The number of aromatic hydroxyl groups is 1. The maximum Gasteiger partial charge on any atom is 0.307 e. The molecule has 0 heterocycles. The van der Waals surface area contributed by atoms with E-state index in [9.17, 15) is 15.0 Å². The summed E-state index contributed by atoms with van der Waals surface area (Å²) in [6.07, 6.45) is 6.82. The Morgan fingerprint density at radius 1 is 1.21 bits per heavy atom. The van der Waals surface area contributed by atoms with Crippen molar-refractivity contribution in [2.75, 3.05) is 0 Å². The monoisotopic (exact) mass is 260 g/mol. The van der Waals surface area contributed by atoms with Crippen LogP contribution in [0.5, 0.6) is 5.75 Å². The van der Waals surface area contributed by atoms with E-state index in [4.69, 9.17) is 0 Å². The zero-order valence-corrected chi connectivity index (χ0v) is 11.1. The van der Waals surface area contributed by atoms with Gasteiger partial charge in [0.15, 0.2) is 0 Å². The average Bonchev–Trinajstić information content (AvgIpc) is 2.40. The molecule has 3 heteroatoms. The van der Waals surface area contributed by atoms with Crippen LogP contribution in [-0.4, -0.2) is 16.2 Å². The van der Waals surface area contributed by atoms with Gasteiger partial charge in [-0.2, -0.15) is 0 Å². The number of carboxylic acid groups (broad SMARTS) is 1. The maximum absolute atomic E-state index is 11.7. The SMILES string of the molecule is O=C(O)C1CCc2ccc(O)cc2C12CCCCC2. The number of hydrogen-bond donors (Lipinski definition) is 2. The van der Waals surface area contributed by atoms with Gasteiger partial charge in [0, 0.05) is 5.41 Å². The Morgan fingerprint density at radius 3 is 2.63 bits per heavy atom. The number of carboxylic acids is 1. The van der Waals surface area contributed by atoms with Crippen LogP contribution in [-0.2, 0) is 16.6 Å². The fourth-order valence-corrected chi connectivity index (χ4v) is 4.17. The summed E-state index contributed by atoms with van der Waals surface area (Å²) in [4.78, 5) is 11.7. The van der Waals surface area contributed by atoms with Crippen LogP contribution in [0.3, 0.4) is 0 Å². The van der Waals surface area contributed by atoms with E-state index in [-0.39, 0.29) is 17.1 Å². The van der Waals surface area contributed by atoms with Crippen molar-refractivity contribution in [2.24, 2.45) is 5.92 Å². The summed E-state index contributed by atoms with van der Waals surface area (Å²) in [5.74, 6) is -0.701. The molecule has 1 atom stereocenters. The number of aliphatic carboxylic acids is 1. The number of phenols is 1. The van der Waals surface area contributed by atoms with Gasteiger partial charge in [0.1, 0.15) is 5.75 Å². The Bertz CT molecular complexity index is 501. The zero-order valence-electron chi connectivity index (χ0n) is 11.1. The van der Waals surface area contributed by atoms with Crippen molar-refractivity contribution < 1.29 is 15.0 Å². The van der Waals surface area contributed by atoms with Crippen LogP contribution in [0.15, 0.2) is 18.2 Å². The van der Waals surface area contributed by atoms with Crippen molar-refractivity contribution in [2.45, 2.75) is 50.4 Å². The zero-order chi connectivity index (χ0) is 13.5. The highest BCUT2D eigenvalue weighted by Gasteiger charge is 2.48. The van der Waals surface area contributed by atoms with Gasteiger partial charge < -0.3 is 10.2 Å². The number of carbonyl (C=O) groups is 1. The molecule has 0 bridgehead atoms. The lowest BCUT2D eigenvalue weighted by molar-refractivity contribution is -0.145. The molecule has 2 N–H and O–H groups in total. The van der Waals surface area contributed by atoms with E-state index in [1.807, 2.05) is 12.1 Å². The van der Waals surface area contributed by atoms with Gasteiger partial charge in [0.05, 0.1) is 5.92 Å². The number of aryl methyl sites for hydroxylation is 1. The molecule has 0 aromatic heterocycles. The van der Waals surface area contributed by atoms with Crippen molar-refractivity contribution in [1.29, 1.82) is 0 Å². The first kappa shape index (κ1) is 12.5. The molecular formula is C16H20O3. The van der Waals surface area contributed by atoms with Gasteiger partial charge in [-0.05, 0) is 48.9 Å². The second-order valence-electron chi connectivity index (χ2n) is 5.99. The van der Waals surface area contributed by atoms with Crippen LogP contribution in [0.1, 0.15) is 49.7 Å². The Labute approximate surface area is 113 Å². The summed E-state index contributed by atoms with van der Waals surface area (Å²) in [6, 6.07) is 5.51. The summed E-state index contributed by atoms with van der Waals surface area (Å²) in [7, 11) is 0. The van der Waals surface area contributed by atoms with Crippen LogP contribution in [0.4, 0.5) is 0 Å². The minimum absolute atomic E-state index is 0.240. The highest BCUT2D eigenvalue weighted by atomic mass is 16.4. The van der Waals surface area contributed by atoms with Gasteiger partial charge in [-0.3, -0.25) is 4.79 Å². The van der Waals surface area contributed by atoms with E-state index in [1.165, 1.54) is 12.0 Å². The van der Waals surface area contributed by atoms with E-state index in [0.717, 1.165) is 44.1 Å². The summed E-state index contributed by atoms with van der Waals surface area (Å²) >= 11 is 0. The number of benzene rings is 1. The molecule has 1 fully saturated rings. The van der Waals surface area contributed by atoms with Gasteiger partial charge in [0.25, 0.3) is 0 Å². The summed E-state index contributed by atoms with van der Waals surface area (Å²) in [5.41, 5.74) is 2.10. The van der Waals surface area contributed by atoms with Gasteiger partial charge in [-0.1, -0.05) is 25.3 Å². The highest BCUT2D eigenvalue weighted by molar-refractivity contribution is 5.73. The molecule has 0 radical (unpaired) electrons. The quantitative estimate of drug-likeness (QED) is 0.815. The summed E-state index contributed by atoms with van der Waals surface area (Å²) in [5, 5.41) is 19.4. The van der Waals surface area contributed by atoms with Gasteiger partial charge >= 0.3 is 5.97 Å². The normalized spacial score (nSPS) is 24.9. The molecule has 1 spiro atoms. The smallest absolute Gasteiger partial charge is 0.307 e. The second kappa shape index (κ2) is 4.55. The fourth-order valence-electron chi connectivity index (χ4n) is 4.17. The molecular weight excluding hydrogens is 240 g/mol. The number of phenolic OH excluding ortho intramolecular Hbond substituents is 1. The molecule has 0 saturated heterocycles. The van der Waals surface area contributed by atoms with Crippen LogP contribution < -0.4 is 0 Å². The summed E-state index contributed by atoms with van der Waals surface area (Å²) < 4.78 is 0. The largest absolute Gasteiger partial charge is 0.508 e. The van der Waals surface area contributed by atoms with E-state index >= 15 is 0 Å². The molecule has 1 saturated carbocycles. The lowest BCUT2D eigenvalue weighted by atomic mass is 9.57. The van der Waals surface area contributed by atoms with E-state index in [0.29, 0.717) is 0 Å². The molecule has 102 valence electrons. The van der Waals surface area contributed by atoms with Crippen LogP contribution in [0.2, 0.25) is 0 Å². The standard InChI is InChI=1S/C16H20O3/c17-12-6-4-11-5-7-13(15(18)19)16(14(11)10-12)8-2-1-3-9-16/h4,6,10,13,17H,1-3,5,7-9H2,(H,18,19).